The molecule has 1 fully saturated rings. The largest absolute Gasteiger partial charge is 0.497 e. The van der Waals surface area contributed by atoms with Gasteiger partial charge in [0.1, 0.15) is 29.0 Å². The summed E-state index contributed by atoms with van der Waals surface area (Å²) in [7, 11) is 4.75. The van der Waals surface area contributed by atoms with Gasteiger partial charge in [-0.05, 0) is 78.8 Å². The number of ketones is 1. The monoisotopic (exact) mass is 1070 g/mol. The standard InChI is InChI=1S/C52H61N3O11.3CH4.CH3.Pd/c1-53-47(57)31-32-49(59)66-44-34-40(36-64-52(37-16-8-6-9-17-37,38-23-27-42(62-2)28-24-38)39-25-29-43(63-3)30-26-39)54(35-44)48(58)22-12-5-4-10-18-41(56)19-11-7-15-33-65-55-50(60)45-20-13-14-21-46(45)51(55)61;;;;;/h6,8-9,13-14,16-17,20-21,23-30,40,44H,4-5,7,10-12,15,18-19,22,31-36H2,1-3H3,(H,53,57);3*1H4;1H3;/q;;;;-1;/t40-,44+;;;;;/m0...../s1. The first kappa shape index (κ1) is 63.3. The molecular weight excluding hydrogens is 997 g/mol. The van der Waals surface area contributed by atoms with Gasteiger partial charge in [-0.1, -0.05) is 108 Å². The van der Waals surface area contributed by atoms with E-state index in [2.05, 4.69) is 5.32 Å². The Balaban J connectivity index is 0.00000504. The molecule has 2 aliphatic rings. The number of carbonyl (C=O) groups is 6. The Morgan fingerprint density at radius 1 is 0.634 bits per heavy atom. The van der Waals surface area contributed by atoms with Crippen LogP contribution in [0.2, 0.25) is 0 Å². The third-order valence-corrected chi connectivity index (χ3v) is 12.2. The predicted molar refractivity (Wildman–Crippen MR) is 272 cm³/mol. The molecular formula is C56H76N3O11Pd-. The van der Waals surface area contributed by atoms with Crippen molar-refractivity contribution in [1.29, 1.82) is 0 Å². The number of ether oxygens (including phenoxy) is 4. The van der Waals surface area contributed by atoms with Crippen molar-refractivity contribution in [2.45, 2.75) is 123 Å². The number of carbonyl (C=O) groups excluding carboxylic acids is 6. The number of Topliss-reactive ketones (excluding diaryl/α,β-unsaturated/α-hetero) is 1. The number of hydrogen-bond donors (Lipinski definition) is 1. The quantitative estimate of drug-likeness (QED) is 0.0159. The van der Waals surface area contributed by atoms with Crippen molar-refractivity contribution in [2.24, 2.45) is 0 Å². The molecule has 2 atom stereocenters. The van der Waals surface area contributed by atoms with Gasteiger partial charge in [-0.15, -0.1) is 5.06 Å². The zero-order valence-electron chi connectivity index (χ0n) is 39.5. The average Bonchev–Trinajstić information content (AvgIpc) is 3.86. The molecule has 14 nitrogen and oxygen atoms in total. The van der Waals surface area contributed by atoms with Crippen molar-refractivity contribution in [3.05, 3.63) is 138 Å². The van der Waals surface area contributed by atoms with E-state index >= 15 is 0 Å². The SMILES string of the molecule is C.C.C.CNC(=O)CCC(=O)O[C@@H]1C[C@@H](COC(c2ccccc2)(c2ccc(OC)cc2)c2ccc(OC)cc2)N(C(=O)CCCCCCC(=O)CCCCCON2C(=O)c3ccccc3C2=O)C1.[CH3-].[Pd]. The Bertz CT molecular complexity index is 2190. The van der Waals surface area contributed by atoms with Gasteiger partial charge >= 0.3 is 5.97 Å². The van der Waals surface area contributed by atoms with E-state index in [4.69, 9.17) is 23.8 Å². The molecule has 1 saturated heterocycles. The van der Waals surface area contributed by atoms with Gasteiger partial charge in [0.05, 0.1) is 57.6 Å². The van der Waals surface area contributed by atoms with Crippen LogP contribution in [0.1, 0.15) is 143 Å². The summed E-state index contributed by atoms with van der Waals surface area (Å²) in [6.45, 7) is 0.522. The molecule has 71 heavy (non-hydrogen) atoms. The van der Waals surface area contributed by atoms with E-state index < -0.39 is 35.5 Å². The number of fused-ring (bicyclic) bond motifs is 1. The molecule has 4 amide bonds. The number of benzene rings is 4. The van der Waals surface area contributed by atoms with Crippen molar-refractivity contribution in [2.75, 3.05) is 41.0 Å². The molecule has 0 saturated carbocycles. The number of imide groups is 1. The molecule has 0 unspecified atom stereocenters. The summed E-state index contributed by atoms with van der Waals surface area (Å²) in [4.78, 5) is 83.6. The number of amides is 4. The zero-order valence-corrected chi connectivity index (χ0v) is 41.0. The van der Waals surface area contributed by atoms with Gasteiger partial charge < -0.3 is 36.6 Å². The van der Waals surface area contributed by atoms with Crippen LogP contribution in [0.3, 0.4) is 0 Å². The van der Waals surface area contributed by atoms with Crippen LogP contribution in [0.4, 0.5) is 0 Å². The van der Waals surface area contributed by atoms with Crippen LogP contribution in [0.5, 0.6) is 11.5 Å². The van der Waals surface area contributed by atoms with Gasteiger partial charge in [0.2, 0.25) is 11.8 Å². The molecule has 2 heterocycles. The van der Waals surface area contributed by atoms with Crippen LogP contribution in [0.25, 0.3) is 0 Å². The number of hydroxylamine groups is 2. The number of nitrogens with zero attached hydrogens (tertiary/aromatic N) is 2. The Morgan fingerprint density at radius 2 is 1.13 bits per heavy atom. The number of esters is 1. The first-order valence-electron chi connectivity index (χ1n) is 22.9. The van der Waals surface area contributed by atoms with E-state index in [-0.39, 0.29) is 107 Å². The second kappa shape index (κ2) is 31.6. The van der Waals surface area contributed by atoms with Gasteiger partial charge in [0.15, 0.2) is 0 Å². The minimum atomic E-state index is -1.12. The Labute approximate surface area is 436 Å². The van der Waals surface area contributed by atoms with Gasteiger partial charge in [0, 0.05) is 59.6 Å². The van der Waals surface area contributed by atoms with E-state index in [1.165, 1.54) is 7.05 Å². The van der Waals surface area contributed by atoms with Gasteiger partial charge in [-0.25, -0.2) is 0 Å². The fourth-order valence-electron chi connectivity index (χ4n) is 8.57. The van der Waals surface area contributed by atoms with Crippen LogP contribution in [0, 0.1) is 7.43 Å². The third kappa shape index (κ3) is 16.7. The number of rotatable bonds is 26. The van der Waals surface area contributed by atoms with Crippen molar-refractivity contribution in [3.8, 4) is 11.5 Å². The van der Waals surface area contributed by atoms with Gasteiger partial charge in [-0.2, -0.15) is 0 Å². The normalized spacial score (nSPS) is 14.6. The number of likely N-dealkylation sites (tertiary alicyclic amines) is 1. The first-order valence-corrected chi connectivity index (χ1v) is 22.9. The topological polar surface area (TPSA) is 167 Å². The van der Waals surface area contributed by atoms with Gasteiger partial charge in [-0.3, -0.25) is 33.6 Å². The molecule has 0 aromatic heterocycles. The van der Waals surface area contributed by atoms with Crippen LogP contribution in [0.15, 0.2) is 103 Å². The molecule has 1 N–H and O–H groups in total. The molecule has 15 heteroatoms. The van der Waals surface area contributed by atoms with Crippen LogP contribution in [-0.2, 0) is 59.5 Å². The fraction of sp³-hybridized carbons (Fsp3) is 0.446. The zero-order chi connectivity index (χ0) is 46.9. The Hall–Kier alpha value is -5.72. The van der Waals surface area contributed by atoms with Gasteiger partial charge in [0.25, 0.3) is 11.8 Å². The maximum atomic E-state index is 14.1. The summed E-state index contributed by atoms with van der Waals surface area (Å²) in [6, 6.07) is 31.5. The maximum Gasteiger partial charge on any atom is 0.306 e. The minimum absolute atomic E-state index is 0. The number of methoxy groups -OCH3 is 2. The summed E-state index contributed by atoms with van der Waals surface area (Å²) in [5, 5.41) is 3.34. The molecule has 0 radical (unpaired) electrons. The summed E-state index contributed by atoms with van der Waals surface area (Å²) in [5.74, 6) is -0.194. The van der Waals surface area contributed by atoms with E-state index in [1.807, 2.05) is 78.9 Å². The molecule has 6 rings (SSSR count). The number of hydrogen-bond acceptors (Lipinski definition) is 11. The van der Waals surface area contributed by atoms with E-state index in [0.29, 0.717) is 61.2 Å². The predicted octanol–water partition coefficient (Wildman–Crippen LogP) is 10.1. The summed E-state index contributed by atoms with van der Waals surface area (Å²) < 4.78 is 24.0. The second-order valence-corrected chi connectivity index (χ2v) is 16.6. The van der Waals surface area contributed by atoms with Crippen molar-refractivity contribution in [3.63, 3.8) is 0 Å². The summed E-state index contributed by atoms with van der Waals surface area (Å²) >= 11 is 0. The van der Waals surface area contributed by atoms with Crippen molar-refractivity contribution >= 4 is 35.4 Å². The Morgan fingerprint density at radius 3 is 1.65 bits per heavy atom. The van der Waals surface area contributed by atoms with E-state index in [9.17, 15) is 28.8 Å². The molecule has 2 aliphatic heterocycles. The molecule has 4 aromatic rings. The summed E-state index contributed by atoms with van der Waals surface area (Å²) in [6.07, 6.45) is 5.86. The second-order valence-electron chi connectivity index (χ2n) is 16.6. The van der Waals surface area contributed by atoms with Crippen molar-refractivity contribution in [1.82, 2.24) is 15.3 Å². The van der Waals surface area contributed by atoms with E-state index in [0.717, 1.165) is 47.4 Å². The number of nitrogens with one attached hydrogen (secondary N) is 1. The van der Waals surface area contributed by atoms with E-state index in [1.54, 1.807) is 43.4 Å². The van der Waals surface area contributed by atoms with Crippen LogP contribution in [-0.4, -0.2) is 98.5 Å². The third-order valence-electron chi connectivity index (χ3n) is 12.2. The molecule has 0 aliphatic carbocycles. The number of unbranched alkanes of at least 4 members (excludes halogenated alkanes) is 5. The molecule has 392 valence electrons. The fourth-order valence-corrected chi connectivity index (χ4v) is 8.57. The maximum absolute atomic E-state index is 14.1. The van der Waals surface area contributed by atoms with Crippen LogP contribution >= 0.6 is 0 Å². The smallest absolute Gasteiger partial charge is 0.306 e. The summed E-state index contributed by atoms with van der Waals surface area (Å²) in [5.41, 5.74) is 2.12. The van der Waals surface area contributed by atoms with Crippen molar-refractivity contribution < 1.29 is 73.0 Å². The first-order chi connectivity index (χ1) is 32.1. The molecule has 0 spiro atoms. The minimum Gasteiger partial charge on any atom is -0.497 e. The molecule has 4 aromatic carbocycles. The average molecular weight is 1070 g/mol. The van der Waals surface area contributed by atoms with Crippen LogP contribution < -0.4 is 14.8 Å². The molecule has 0 bridgehead atoms. The Kier molecular flexibility index (Phi) is 28.2.